The van der Waals surface area contributed by atoms with Crippen LogP contribution in [0.5, 0.6) is 0 Å². The molecule has 21 heavy (non-hydrogen) atoms. The molecule has 0 fully saturated rings. The van der Waals surface area contributed by atoms with Crippen LogP contribution >= 0.6 is 0 Å². The topological polar surface area (TPSA) is 57.6 Å². The van der Waals surface area contributed by atoms with Gasteiger partial charge in [0, 0.05) is 20.0 Å². The van der Waals surface area contributed by atoms with E-state index in [0.29, 0.717) is 13.0 Å². The Labute approximate surface area is 152 Å². The average molecular weight is 308 g/mol. The maximum absolute atomic E-state index is 11.7. The normalized spacial score (nSPS) is 10.0. The molecule has 1 N–H and O–H groups in total. The minimum Gasteiger partial charge on any atom is -0.481 e. The summed E-state index contributed by atoms with van der Waals surface area (Å²) >= 11 is 0. The molecule has 0 bridgehead atoms. The fourth-order valence-electron chi connectivity index (χ4n) is 2.17. The quantitative estimate of drug-likeness (QED) is 0.405. The van der Waals surface area contributed by atoms with Crippen molar-refractivity contribution in [2.24, 2.45) is 0 Å². The molecule has 0 aromatic rings. The van der Waals surface area contributed by atoms with Crippen LogP contribution in [0.4, 0.5) is 0 Å². The van der Waals surface area contributed by atoms with Crippen LogP contribution in [-0.2, 0) is 9.59 Å². The van der Waals surface area contributed by atoms with Gasteiger partial charge in [-0.3, -0.25) is 9.59 Å². The van der Waals surface area contributed by atoms with Gasteiger partial charge in [0.25, 0.3) is 0 Å². The van der Waals surface area contributed by atoms with Gasteiger partial charge in [-0.1, -0.05) is 58.3 Å². The maximum Gasteiger partial charge on any atom is 1.00 e. The number of carbonyl (C=O) groups is 2. The summed E-state index contributed by atoms with van der Waals surface area (Å²) in [6, 6.07) is 0. The molecule has 0 spiro atoms. The summed E-state index contributed by atoms with van der Waals surface area (Å²) in [4.78, 5) is 23.6. The van der Waals surface area contributed by atoms with Gasteiger partial charge in [-0.15, -0.1) is 0 Å². The third kappa shape index (κ3) is 16.1. The summed E-state index contributed by atoms with van der Waals surface area (Å²) in [6.45, 7) is 2.54. The van der Waals surface area contributed by atoms with E-state index in [1.165, 1.54) is 49.8 Å². The van der Waals surface area contributed by atoms with E-state index >= 15 is 0 Å². The maximum atomic E-state index is 11.7. The predicted molar refractivity (Wildman–Crippen MR) is 81.7 cm³/mol. The van der Waals surface area contributed by atoms with E-state index in [0.717, 1.165) is 12.8 Å². The summed E-state index contributed by atoms with van der Waals surface area (Å²) < 4.78 is 0. The molecule has 0 aliphatic carbocycles. The number of carboxylic acid groups (broad SMARTS) is 1. The summed E-state index contributed by atoms with van der Waals surface area (Å²) in [5.74, 6) is -0.790. The summed E-state index contributed by atoms with van der Waals surface area (Å²) in [5.41, 5.74) is 0. The number of amides is 1. The van der Waals surface area contributed by atoms with Crippen LogP contribution in [0.25, 0.3) is 0 Å². The van der Waals surface area contributed by atoms with E-state index in [1.54, 1.807) is 7.05 Å². The number of aliphatic carboxylic acids is 1. The first-order valence-corrected chi connectivity index (χ1v) is 8.03. The van der Waals surface area contributed by atoms with Gasteiger partial charge in [-0.2, -0.15) is 0 Å². The average Bonchev–Trinajstić information content (AvgIpc) is 2.42. The third-order valence-electron chi connectivity index (χ3n) is 3.58. The van der Waals surface area contributed by atoms with Crippen molar-refractivity contribution < 1.29 is 44.3 Å². The van der Waals surface area contributed by atoms with Crippen molar-refractivity contribution in [3.05, 3.63) is 0 Å². The molecule has 0 heterocycles. The number of rotatable bonds is 13. The smallest absolute Gasteiger partial charge is 0.481 e. The van der Waals surface area contributed by atoms with Crippen LogP contribution in [0.2, 0.25) is 0 Å². The van der Waals surface area contributed by atoms with E-state index in [2.05, 4.69) is 6.92 Å². The zero-order chi connectivity index (χ0) is 15.2. The summed E-state index contributed by atoms with van der Waals surface area (Å²) in [7, 11) is 1.68. The van der Waals surface area contributed by atoms with Crippen LogP contribution in [-0.4, -0.2) is 35.5 Å². The zero-order valence-corrected chi connectivity index (χ0v) is 16.2. The van der Waals surface area contributed by atoms with Gasteiger partial charge in [-0.25, -0.2) is 0 Å². The predicted octanol–water partition coefficient (Wildman–Crippen LogP) is 0.844. The molecule has 0 saturated carbocycles. The Hall–Kier alpha value is -0.0600. The number of nitrogens with zero attached hydrogens (tertiary/aromatic N) is 1. The number of carbonyl (C=O) groups excluding carboxylic acids is 1. The van der Waals surface area contributed by atoms with Gasteiger partial charge in [-0.05, 0) is 6.42 Å². The number of carboxylic acids is 1. The molecule has 1 amide bonds. The molecule has 0 radical (unpaired) electrons. The second-order valence-electron chi connectivity index (χ2n) is 5.54. The van der Waals surface area contributed by atoms with Gasteiger partial charge in [0.1, 0.15) is 0 Å². The van der Waals surface area contributed by atoms with E-state index < -0.39 is 5.97 Å². The summed E-state index contributed by atoms with van der Waals surface area (Å²) in [6.07, 6.45) is 11.7. The van der Waals surface area contributed by atoms with Gasteiger partial charge in [0.05, 0.1) is 6.42 Å². The Balaban J connectivity index is 0. The second kappa shape index (κ2) is 16.3. The van der Waals surface area contributed by atoms with Gasteiger partial charge < -0.3 is 10.0 Å². The first-order valence-electron chi connectivity index (χ1n) is 8.03. The number of hydrogen-bond donors (Lipinski definition) is 1. The van der Waals surface area contributed by atoms with Crippen molar-refractivity contribution in [3.63, 3.8) is 0 Å². The fraction of sp³-hybridized carbons (Fsp3) is 0.875. The molecule has 0 rings (SSSR count). The van der Waals surface area contributed by atoms with Crippen LogP contribution < -0.4 is 29.6 Å². The van der Waals surface area contributed by atoms with Gasteiger partial charge >= 0.3 is 35.5 Å². The number of unbranched alkanes of at least 4 members (excludes halogenated alkanes) is 8. The summed E-state index contributed by atoms with van der Waals surface area (Å²) in [5, 5.41) is 8.56. The first-order chi connectivity index (χ1) is 9.57. The molecule has 0 atom stereocenters. The van der Waals surface area contributed by atoms with Crippen LogP contribution in [0.1, 0.15) is 77.6 Å². The Morgan fingerprint density at radius 1 is 0.857 bits per heavy atom. The molecule has 4 nitrogen and oxygen atoms in total. The second-order valence-corrected chi connectivity index (χ2v) is 5.54. The van der Waals surface area contributed by atoms with Crippen molar-refractivity contribution in [1.29, 1.82) is 0 Å². The molecule has 0 aliphatic heterocycles. The Morgan fingerprint density at radius 3 is 1.81 bits per heavy atom. The Kier molecular flexibility index (Phi) is 18.0. The minimum absolute atomic E-state index is 0. The van der Waals surface area contributed by atoms with Crippen molar-refractivity contribution >= 4 is 11.9 Å². The van der Waals surface area contributed by atoms with Crippen molar-refractivity contribution in [1.82, 2.24) is 4.90 Å². The monoisotopic (exact) mass is 308 g/mol. The SMILES string of the molecule is CCCCCCCCCCCC(=O)N(C)CCC(=O)O.[Na+]. The standard InChI is InChI=1S/C16H31NO3.Na/c1-3-4-5-6-7-8-9-10-11-12-15(18)17(2)14-13-16(19)20;/h3-14H2,1-2H3,(H,19,20);/q;+1. The van der Waals surface area contributed by atoms with Crippen LogP contribution in [0.15, 0.2) is 0 Å². The Morgan fingerprint density at radius 2 is 1.33 bits per heavy atom. The van der Waals surface area contributed by atoms with Crippen molar-refractivity contribution in [2.75, 3.05) is 13.6 Å². The Bertz CT molecular complexity index is 272. The van der Waals surface area contributed by atoms with Crippen molar-refractivity contribution in [3.8, 4) is 0 Å². The molecule has 118 valence electrons. The van der Waals surface area contributed by atoms with Crippen molar-refractivity contribution in [2.45, 2.75) is 77.6 Å². The van der Waals surface area contributed by atoms with E-state index in [9.17, 15) is 9.59 Å². The molecule has 0 saturated heterocycles. The van der Waals surface area contributed by atoms with E-state index in [-0.39, 0.29) is 41.9 Å². The molecular formula is C16H31NNaO3+. The van der Waals surface area contributed by atoms with E-state index in [1.807, 2.05) is 0 Å². The molecular weight excluding hydrogens is 277 g/mol. The molecule has 0 aliphatic rings. The fourth-order valence-corrected chi connectivity index (χ4v) is 2.17. The van der Waals surface area contributed by atoms with Gasteiger partial charge in [0.2, 0.25) is 5.91 Å². The van der Waals surface area contributed by atoms with Crippen LogP contribution in [0, 0.1) is 0 Å². The molecule has 0 aromatic heterocycles. The molecule has 0 unspecified atom stereocenters. The number of hydrogen-bond acceptors (Lipinski definition) is 2. The molecule has 5 heteroatoms. The molecule has 0 aromatic carbocycles. The van der Waals surface area contributed by atoms with Gasteiger partial charge in [0.15, 0.2) is 0 Å². The zero-order valence-electron chi connectivity index (χ0n) is 14.2. The first kappa shape index (κ1) is 23.2. The minimum atomic E-state index is -0.854. The van der Waals surface area contributed by atoms with Crippen LogP contribution in [0.3, 0.4) is 0 Å². The largest absolute Gasteiger partial charge is 1.00 e. The third-order valence-corrected chi connectivity index (χ3v) is 3.58. The van der Waals surface area contributed by atoms with E-state index in [4.69, 9.17) is 5.11 Å².